The van der Waals surface area contributed by atoms with Crippen molar-refractivity contribution in [1.29, 1.82) is 0 Å². The number of hydrogen-bond acceptors (Lipinski definition) is 4. The molecule has 0 aromatic heterocycles. The number of aromatic carboxylic acids is 1. The Morgan fingerprint density at radius 3 is 3.06 bits per heavy atom. The molecule has 0 amide bonds. The third kappa shape index (κ3) is 2.88. The van der Waals surface area contributed by atoms with Crippen molar-refractivity contribution in [2.75, 3.05) is 18.9 Å². The first kappa shape index (κ1) is 11.7. The lowest BCUT2D eigenvalue weighted by atomic mass is 10.2. The smallest absolute Gasteiger partial charge is 0.335 e. The van der Waals surface area contributed by atoms with Gasteiger partial charge in [0.15, 0.2) is 0 Å². The first-order chi connectivity index (χ1) is 8.16. The molecule has 5 nitrogen and oxygen atoms in total. The number of carbonyl (C=O) groups is 1. The normalized spacial score (nSPS) is 19.2. The monoisotopic (exact) mass is 237 g/mol. The topological polar surface area (TPSA) is 81.8 Å². The fourth-order valence-corrected chi connectivity index (χ4v) is 1.75. The lowest BCUT2D eigenvalue weighted by Gasteiger charge is -2.13. The van der Waals surface area contributed by atoms with Gasteiger partial charge in [-0.3, -0.25) is 0 Å². The molecule has 1 aliphatic heterocycles. The van der Waals surface area contributed by atoms with Gasteiger partial charge in [0.2, 0.25) is 0 Å². The van der Waals surface area contributed by atoms with Gasteiger partial charge in [-0.2, -0.15) is 0 Å². The maximum absolute atomic E-state index is 10.8. The maximum Gasteiger partial charge on any atom is 0.335 e. The molecule has 2 rings (SSSR count). The Hall–Kier alpha value is -1.75. The van der Waals surface area contributed by atoms with E-state index in [4.69, 9.17) is 20.3 Å². The summed E-state index contributed by atoms with van der Waals surface area (Å²) in [5.41, 5.74) is 6.32. The molecule has 0 spiro atoms. The minimum absolute atomic E-state index is 0.0860. The summed E-state index contributed by atoms with van der Waals surface area (Å²) in [5, 5.41) is 8.86. The van der Waals surface area contributed by atoms with Crippen LogP contribution < -0.4 is 10.5 Å². The molecule has 5 heteroatoms. The predicted octanol–water partition coefficient (Wildman–Crippen LogP) is 1.52. The van der Waals surface area contributed by atoms with Gasteiger partial charge in [-0.05, 0) is 31.0 Å². The Labute approximate surface area is 99.1 Å². The zero-order valence-electron chi connectivity index (χ0n) is 9.39. The van der Waals surface area contributed by atoms with Gasteiger partial charge in [-0.25, -0.2) is 4.79 Å². The lowest BCUT2D eigenvalue weighted by Crippen LogP contribution is -2.17. The molecule has 92 valence electrons. The molecule has 0 aliphatic carbocycles. The van der Waals surface area contributed by atoms with Crippen LogP contribution in [-0.2, 0) is 4.74 Å². The minimum atomic E-state index is -0.994. The van der Waals surface area contributed by atoms with E-state index in [-0.39, 0.29) is 11.7 Å². The molecule has 1 aliphatic rings. The highest BCUT2D eigenvalue weighted by atomic mass is 16.5. The van der Waals surface area contributed by atoms with Crippen molar-refractivity contribution in [1.82, 2.24) is 0 Å². The third-order valence-corrected chi connectivity index (χ3v) is 2.71. The van der Waals surface area contributed by atoms with Gasteiger partial charge in [0.05, 0.1) is 17.4 Å². The highest BCUT2D eigenvalue weighted by Gasteiger charge is 2.17. The van der Waals surface area contributed by atoms with Crippen molar-refractivity contribution < 1.29 is 19.4 Å². The highest BCUT2D eigenvalue weighted by Crippen LogP contribution is 2.24. The van der Waals surface area contributed by atoms with Crippen LogP contribution in [0.2, 0.25) is 0 Å². The first-order valence-electron chi connectivity index (χ1n) is 5.54. The number of ether oxygens (including phenoxy) is 2. The van der Waals surface area contributed by atoms with Gasteiger partial charge in [0.25, 0.3) is 0 Å². The molecule has 0 saturated carbocycles. The van der Waals surface area contributed by atoms with E-state index in [1.807, 2.05) is 0 Å². The Balaban J connectivity index is 2.03. The molecule has 0 bridgehead atoms. The average Bonchev–Trinajstić information content (AvgIpc) is 2.80. The highest BCUT2D eigenvalue weighted by molar-refractivity contribution is 5.89. The molecule has 1 aromatic carbocycles. The average molecular weight is 237 g/mol. The second-order valence-electron chi connectivity index (χ2n) is 4.00. The number of hydrogen-bond donors (Lipinski definition) is 2. The van der Waals surface area contributed by atoms with E-state index in [0.29, 0.717) is 18.0 Å². The number of rotatable bonds is 4. The Morgan fingerprint density at radius 1 is 1.59 bits per heavy atom. The van der Waals surface area contributed by atoms with E-state index in [1.165, 1.54) is 18.2 Å². The number of carboxylic acids is 1. The van der Waals surface area contributed by atoms with Gasteiger partial charge in [-0.1, -0.05) is 0 Å². The van der Waals surface area contributed by atoms with Crippen LogP contribution in [0.5, 0.6) is 5.75 Å². The number of carboxylic acid groups (broad SMARTS) is 1. The SMILES string of the molecule is Nc1ccc(C(=O)O)cc1OCC1CCCO1. The fraction of sp³-hybridized carbons (Fsp3) is 0.417. The number of anilines is 1. The molecule has 1 unspecified atom stereocenters. The Bertz CT molecular complexity index is 413. The summed E-state index contributed by atoms with van der Waals surface area (Å²) in [6.07, 6.45) is 2.10. The minimum Gasteiger partial charge on any atom is -0.489 e. The van der Waals surface area contributed by atoms with Crippen LogP contribution >= 0.6 is 0 Å². The molecule has 17 heavy (non-hydrogen) atoms. The largest absolute Gasteiger partial charge is 0.489 e. The molecular formula is C12H15NO4. The van der Waals surface area contributed by atoms with Crippen LogP contribution in [0.4, 0.5) is 5.69 Å². The molecular weight excluding hydrogens is 222 g/mol. The van der Waals surface area contributed by atoms with Crippen LogP contribution in [0, 0.1) is 0 Å². The van der Waals surface area contributed by atoms with Crippen molar-refractivity contribution >= 4 is 11.7 Å². The molecule has 1 saturated heterocycles. The molecule has 1 heterocycles. The van der Waals surface area contributed by atoms with Crippen molar-refractivity contribution in [2.24, 2.45) is 0 Å². The van der Waals surface area contributed by atoms with E-state index in [0.717, 1.165) is 19.4 Å². The van der Waals surface area contributed by atoms with Gasteiger partial charge >= 0.3 is 5.97 Å². The molecule has 3 N–H and O–H groups in total. The van der Waals surface area contributed by atoms with Gasteiger partial charge in [0, 0.05) is 6.61 Å². The van der Waals surface area contributed by atoms with E-state index >= 15 is 0 Å². The van der Waals surface area contributed by atoms with Crippen LogP contribution in [0.15, 0.2) is 18.2 Å². The van der Waals surface area contributed by atoms with Crippen molar-refractivity contribution in [3.8, 4) is 5.75 Å². The van der Waals surface area contributed by atoms with Crippen LogP contribution in [0.25, 0.3) is 0 Å². The number of nitrogen functional groups attached to an aromatic ring is 1. The summed E-state index contributed by atoms with van der Waals surface area (Å²) in [7, 11) is 0. The summed E-state index contributed by atoms with van der Waals surface area (Å²) in [6, 6.07) is 4.43. The van der Waals surface area contributed by atoms with E-state index in [1.54, 1.807) is 0 Å². The van der Waals surface area contributed by atoms with Crippen molar-refractivity contribution in [3.05, 3.63) is 23.8 Å². The molecule has 1 aromatic rings. The van der Waals surface area contributed by atoms with Gasteiger partial charge < -0.3 is 20.3 Å². The lowest BCUT2D eigenvalue weighted by molar-refractivity contribution is 0.0674. The number of benzene rings is 1. The quantitative estimate of drug-likeness (QED) is 0.776. The van der Waals surface area contributed by atoms with Crippen LogP contribution in [0.1, 0.15) is 23.2 Å². The van der Waals surface area contributed by atoms with E-state index < -0.39 is 5.97 Å². The zero-order chi connectivity index (χ0) is 12.3. The summed E-state index contributed by atoms with van der Waals surface area (Å²) >= 11 is 0. The zero-order valence-corrected chi connectivity index (χ0v) is 9.39. The summed E-state index contributed by atoms with van der Waals surface area (Å²) in [6.45, 7) is 1.17. The van der Waals surface area contributed by atoms with Crippen molar-refractivity contribution in [3.63, 3.8) is 0 Å². The summed E-state index contributed by atoms with van der Waals surface area (Å²) in [5.74, 6) is -0.590. The second kappa shape index (κ2) is 5.05. The molecule has 1 atom stereocenters. The Morgan fingerprint density at radius 2 is 2.41 bits per heavy atom. The van der Waals surface area contributed by atoms with Gasteiger partial charge in [0.1, 0.15) is 12.4 Å². The van der Waals surface area contributed by atoms with Gasteiger partial charge in [-0.15, -0.1) is 0 Å². The first-order valence-corrected chi connectivity index (χ1v) is 5.54. The Kier molecular flexibility index (Phi) is 3.49. The number of nitrogens with two attached hydrogens (primary N) is 1. The standard InChI is InChI=1S/C12H15NO4/c13-10-4-3-8(12(14)15)6-11(10)17-7-9-2-1-5-16-9/h3-4,6,9H,1-2,5,7,13H2,(H,14,15). The predicted molar refractivity (Wildman–Crippen MR) is 62.3 cm³/mol. The molecule has 0 radical (unpaired) electrons. The summed E-state index contributed by atoms with van der Waals surface area (Å²) < 4.78 is 10.9. The molecule has 1 fully saturated rings. The van der Waals surface area contributed by atoms with E-state index in [9.17, 15) is 4.79 Å². The second-order valence-corrected chi connectivity index (χ2v) is 4.00. The van der Waals surface area contributed by atoms with Crippen molar-refractivity contribution in [2.45, 2.75) is 18.9 Å². The van der Waals surface area contributed by atoms with E-state index in [2.05, 4.69) is 0 Å². The van der Waals surface area contributed by atoms with Crippen LogP contribution in [0.3, 0.4) is 0 Å². The third-order valence-electron chi connectivity index (χ3n) is 2.71. The fourth-order valence-electron chi connectivity index (χ4n) is 1.75. The van der Waals surface area contributed by atoms with Crippen LogP contribution in [-0.4, -0.2) is 30.4 Å². The summed E-state index contributed by atoms with van der Waals surface area (Å²) in [4.78, 5) is 10.8. The maximum atomic E-state index is 10.8.